The van der Waals surface area contributed by atoms with Crippen molar-refractivity contribution >= 4 is 23.3 Å². The van der Waals surface area contributed by atoms with Crippen molar-refractivity contribution < 1.29 is 9.63 Å². The average Bonchev–Trinajstić information content (AvgIpc) is 3.07. The molecule has 3 rings (SSSR count). The summed E-state index contributed by atoms with van der Waals surface area (Å²) in [7, 11) is 1.80. The lowest BCUT2D eigenvalue weighted by Gasteiger charge is -2.24. The van der Waals surface area contributed by atoms with E-state index in [1.54, 1.807) is 12.1 Å². The third kappa shape index (κ3) is 3.10. The van der Waals surface area contributed by atoms with E-state index >= 15 is 0 Å². The molecule has 1 unspecified atom stereocenters. The zero-order valence-corrected chi connectivity index (χ0v) is 13.6. The van der Waals surface area contributed by atoms with Crippen molar-refractivity contribution in [1.82, 2.24) is 9.96 Å². The van der Waals surface area contributed by atoms with E-state index in [0.29, 0.717) is 10.9 Å². The molecule has 1 amide bonds. The third-order valence-electron chi connectivity index (χ3n) is 4.00. The zero-order valence-electron chi connectivity index (χ0n) is 12.9. The van der Waals surface area contributed by atoms with Gasteiger partial charge < -0.3 is 4.90 Å². The Balaban J connectivity index is 1.78. The lowest BCUT2D eigenvalue weighted by atomic mass is 10.1. The van der Waals surface area contributed by atoms with Crippen molar-refractivity contribution in [1.29, 1.82) is 0 Å². The number of hydrogen-bond donors (Lipinski definition) is 0. The minimum absolute atomic E-state index is 0.101. The first-order chi connectivity index (χ1) is 10.5. The number of rotatable bonds is 3. The SMILES string of the molecule is CN1OC(C)(CC(=O)N2CCCC2)N=C1c1cccc(Cl)c1. The Kier molecular flexibility index (Phi) is 4.10. The molecule has 1 aromatic rings. The molecule has 0 aromatic heterocycles. The highest BCUT2D eigenvalue weighted by atomic mass is 35.5. The van der Waals surface area contributed by atoms with Gasteiger partial charge in [-0.15, -0.1) is 0 Å². The van der Waals surface area contributed by atoms with Gasteiger partial charge in [-0.05, 0) is 31.9 Å². The Labute approximate surface area is 135 Å². The van der Waals surface area contributed by atoms with Crippen molar-refractivity contribution in [3.63, 3.8) is 0 Å². The van der Waals surface area contributed by atoms with Gasteiger partial charge in [0.25, 0.3) is 0 Å². The molecule has 5 nitrogen and oxygen atoms in total. The molecule has 2 heterocycles. The predicted molar refractivity (Wildman–Crippen MR) is 85.7 cm³/mol. The molecule has 0 bridgehead atoms. The van der Waals surface area contributed by atoms with E-state index in [-0.39, 0.29) is 12.3 Å². The number of hydroxylamine groups is 2. The monoisotopic (exact) mass is 321 g/mol. The van der Waals surface area contributed by atoms with Gasteiger partial charge in [-0.2, -0.15) is 0 Å². The molecule has 2 aliphatic heterocycles. The van der Waals surface area contributed by atoms with Gasteiger partial charge in [-0.3, -0.25) is 4.79 Å². The summed E-state index contributed by atoms with van der Waals surface area (Å²) >= 11 is 6.04. The van der Waals surface area contributed by atoms with Gasteiger partial charge >= 0.3 is 0 Å². The first-order valence-electron chi connectivity index (χ1n) is 7.53. The summed E-state index contributed by atoms with van der Waals surface area (Å²) in [5, 5.41) is 2.26. The van der Waals surface area contributed by atoms with Gasteiger partial charge in [-0.25, -0.2) is 14.9 Å². The average molecular weight is 322 g/mol. The summed E-state index contributed by atoms with van der Waals surface area (Å²) in [6, 6.07) is 7.46. The van der Waals surface area contributed by atoms with Crippen molar-refractivity contribution in [3.8, 4) is 0 Å². The van der Waals surface area contributed by atoms with Crippen LogP contribution in [0, 0.1) is 0 Å². The number of amidine groups is 1. The number of benzene rings is 1. The number of hydrogen-bond acceptors (Lipinski definition) is 4. The summed E-state index contributed by atoms with van der Waals surface area (Å²) in [5.41, 5.74) is 0.0267. The summed E-state index contributed by atoms with van der Waals surface area (Å²) in [4.78, 5) is 24.7. The van der Waals surface area contributed by atoms with Crippen LogP contribution in [0.25, 0.3) is 0 Å². The highest BCUT2D eigenvalue weighted by Crippen LogP contribution is 2.29. The van der Waals surface area contributed by atoms with Gasteiger partial charge in [-0.1, -0.05) is 23.7 Å². The lowest BCUT2D eigenvalue weighted by Crippen LogP contribution is -2.37. The largest absolute Gasteiger partial charge is 0.343 e. The number of aliphatic imine (C=N–C) groups is 1. The van der Waals surface area contributed by atoms with E-state index < -0.39 is 5.72 Å². The van der Waals surface area contributed by atoms with Crippen LogP contribution in [0.15, 0.2) is 29.3 Å². The summed E-state index contributed by atoms with van der Waals surface area (Å²) < 4.78 is 0. The van der Waals surface area contributed by atoms with Crippen molar-refractivity contribution in [2.75, 3.05) is 20.1 Å². The first kappa shape index (κ1) is 15.3. The first-order valence-corrected chi connectivity index (χ1v) is 7.91. The maximum absolute atomic E-state index is 12.3. The van der Waals surface area contributed by atoms with Gasteiger partial charge in [0.1, 0.15) is 0 Å². The molecular weight excluding hydrogens is 302 g/mol. The van der Waals surface area contributed by atoms with Crippen molar-refractivity contribution in [2.45, 2.75) is 31.9 Å². The number of amides is 1. The van der Waals surface area contributed by atoms with E-state index in [0.717, 1.165) is 31.5 Å². The van der Waals surface area contributed by atoms with Crippen molar-refractivity contribution in [3.05, 3.63) is 34.9 Å². The second-order valence-electron chi connectivity index (χ2n) is 5.97. The summed E-state index contributed by atoms with van der Waals surface area (Å²) in [6.07, 6.45) is 2.42. The van der Waals surface area contributed by atoms with E-state index in [2.05, 4.69) is 4.99 Å². The third-order valence-corrected chi connectivity index (χ3v) is 4.23. The maximum Gasteiger partial charge on any atom is 0.227 e. The van der Waals surface area contributed by atoms with Gasteiger partial charge in [0.2, 0.25) is 5.91 Å². The Morgan fingerprint density at radius 2 is 2.14 bits per heavy atom. The van der Waals surface area contributed by atoms with E-state index in [4.69, 9.17) is 16.4 Å². The van der Waals surface area contributed by atoms with E-state index in [1.165, 1.54) is 0 Å². The fourth-order valence-electron chi connectivity index (χ4n) is 2.96. The van der Waals surface area contributed by atoms with Crippen LogP contribution < -0.4 is 0 Å². The molecule has 118 valence electrons. The molecule has 0 spiro atoms. The molecular formula is C16H20ClN3O2. The van der Waals surface area contributed by atoms with Crippen LogP contribution >= 0.6 is 11.6 Å². The molecule has 22 heavy (non-hydrogen) atoms. The molecule has 1 fully saturated rings. The van der Waals surface area contributed by atoms with Gasteiger partial charge in [0.05, 0.1) is 6.42 Å². The Bertz CT molecular complexity index is 613. The highest BCUT2D eigenvalue weighted by Gasteiger charge is 2.39. The van der Waals surface area contributed by atoms with E-state index in [1.807, 2.05) is 36.1 Å². The molecule has 1 aromatic carbocycles. The molecule has 0 saturated carbocycles. The topological polar surface area (TPSA) is 45.1 Å². The lowest BCUT2D eigenvalue weighted by molar-refractivity contribution is -0.170. The fraction of sp³-hybridized carbons (Fsp3) is 0.500. The Morgan fingerprint density at radius 1 is 1.41 bits per heavy atom. The van der Waals surface area contributed by atoms with Crippen LogP contribution in [0.2, 0.25) is 5.02 Å². The molecule has 0 N–H and O–H groups in total. The number of halogens is 1. The fourth-order valence-corrected chi connectivity index (χ4v) is 3.15. The molecule has 1 saturated heterocycles. The van der Waals surface area contributed by atoms with Crippen LogP contribution in [-0.4, -0.2) is 47.6 Å². The smallest absolute Gasteiger partial charge is 0.227 e. The number of carbonyl (C=O) groups excluding carboxylic acids is 1. The zero-order chi connectivity index (χ0) is 15.7. The summed E-state index contributed by atoms with van der Waals surface area (Å²) in [6.45, 7) is 3.53. The Hall–Kier alpha value is -1.59. The van der Waals surface area contributed by atoms with Crippen LogP contribution in [-0.2, 0) is 9.63 Å². The predicted octanol–water partition coefficient (Wildman–Crippen LogP) is 2.69. The van der Waals surface area contributed by atoms with Crippen LogP contribution in [0.4, 0.5) is 0 Å². The molecule has 1 atom stereocenters. The normalized spacial score (nSPS) is 24.8. The quantitative estimate of drug-likeness (QED) is 0.860. The number of carbonyl (C=O) groups is 1. The Morgan fingerprint density at radius 3 is 2.82 bits per heavy atom. The number of likely N-dealkylation sites (tertiary alicyclic amines) is 1. The van der Waals surface area contributed by atoms with Gasteiger partial charge in [0.15, 0.2) is 11.6 Å². The van der Waals surface area contributed by atoms with Crippen LogP contribution in [0.3, 0.4) is 0 Å². The minimum Gasteiger partial charge on any atom is -0.343 e. The summed E-state index contributed by atoms with van der Waals surface area (Å²) in [5.74, 6) is 0.795. The second-order valence-corrected chi connectivity index (χ2v) is 6.41. The van der Waals surface area contributed by atoms with E-state index in [9.17, 15) is 4.79 Å². The molecule has 0 aliphatic carbocycles. The highest BCUT2D eigenvalue weighted by molar-refractivity contribution is 6.31. The second kappa shape index (κ2) is 5.89. The molecule has 2 aliphatic rings. The maximum atomic E-state index is 12.3. The standard InChI is InChI=1S/C16H20ClN3O2/c1-16(11-14(21)20-8-3-4-9-20)18-15(19(2)22-16)12-6-5-7-13(17)10-12/h5-7,10H,3-4,8-9,11H2,1-2H3. The van der Waals surface area contributed by atoms with Crippen molar-refractivity contribution in [2.24, 2.45) is 4.99 Å². The molecule has 0 radical (unpaired) electrons. The number of nitrogens with zero attached hydrogens (tertiary/aromatic N) is 3. The van der Waals surface area contributed by atoms with Crippen LogP contribution in [0.1, 0.15) is 31.7 Å². The van der Waals surface area contributed by atoms with Gasteiger partial charge in [0, 0.05) is 30.7 Å². The van der Waals surface area contributed by atoms with Crippen LogP contribution in [0.5, 0.6) is 0 Å². The molecule has 6 heteroatoms. The minimum atomic E-state index is -0.855.